The molecule has 1 aromatic rings. The monoisotopic (exact) mass is 303 g/mol. The third kappa shape index (κ3) is 3.56. The second-order valence-corrected chi connectivity index (χ2v) is 5.68. The van der Waals surface area contributed by atoms with Gasteiger partial charge in [-0.2, -0.15) is 0 Å². The van der Waals surface area contributed by atoms with Crippen molar-refractivity contribution in [2.75, 3.05) is 13.1 Å². The lowest BCUT2D eigenvalue weighted by Gasteiger charge is -2.23. The largest absolute Gasteiger partial charge is 0.480 e. The number of halogens is 1. The van der Waals surface area contributed by atoms with Gasteiger partial charge >= 0.3 is 5.97 Å². The number of carboxylic acid groups (broad SMARTS) is 1. The Balaban J connectivity index is 2.38. The van der Waals surface area contributed by atoms with Gasteiger partial charge in [-0.1, -0.05) is 13.0 Å². The Hall–Kier alpha value is -2.10. The van der Waals surface area contributed by atoms with Crippen LogP contribution < -0.4 is 0 Å². The Bertz CT molecular complexity index is 623. The van der Waals surface area contributed by atoms with E-state index in [1.807, 2.05) is 30.0 Å². The Morgan fingerprint density at radius 3 is 2.50 bits per heavy atom. The average molecular weight is 303 g/mol. The molecule has 0 unspecified atom stereocenters. The van der Waals surface area contributed by atoms with Crippen LogP contribution in [0.4, 0.5) is 4.39 Å². The van der Waals surface area contributed by atoms with Crippen LogP contribution in [0.5, 0.6) is 0 Å². The van der Waals surface area contributed by atoms with Gasteiger partial charge in [0.05, 0.1) is 0 Å². The summed E-state index contributed by atoms with van der Waals surface area (Å²) in [5.41, 5.74) is 4.30. The minimum Gasteiger partial charge on any atom is -0.480 e. The molecule has 0 radical (unpaired) electrons. The van der Waals surface area contributed by atoms with Gasteiger partial charge in [-0.3, -0.25) is 4.79 Å². The summed E-state index contributed by atoms with van der Waals surface area (Å²) in [6, 6.07) is 3.70. The van der Waals surface area contributed by atoms with Crippen LogP contribution in [0.1, 0.15) is 36.5 Å². The SMILES string of the molecule is CCC1=CC(c2cc(C)c(F)c(C)c2)=CCCN1CC(=O)O. The zero-order valence-corrected chi connectivity index (χ0v) is 13.3. The number of hydrogen-bond donors (Lipinski definition) is 1. The Labute approximate surface area is 130 Å². The summed E-state index contributed by atoms with van der Waals surface area (Å²) < 4.78 is 13.8. The minimum atomic E-state index is -0.823. The third-order valence-corrected chi connectivity index (χ3v) is 3.95. The zero-order valence-electron chi connectivity index (χ0n) is 13.3. The summed E-state index contributed by atoms with van der Waals surface area (Å²) in [5.74, 6) is -0.985. The van der Waals surface area contributed by atoms with Crippen molar-refractivity contribution in [3.63, 3.8) is 0 Å². The van der Waals surface area contributed by atoms with E-state index in [0.29, 0.717) is 17.7 Å². The summed E-state index contributed by atoms with van der Waals surface area (Å²) in [6.07, 6.45) is 5.67. The van der Waals surface area contributed by atoms with E-state index in [-0.39, 0.29) is 12.4 Å². The van der Waals surface area contributed by atoms with E-state index in [0.717, 1.165) is 29.7 Å². The molecule has 1 aromatic carbocycles. The number of allylic oxidation sites excluding steroid dienone is 3. The molecule has 0 spiro atoms. The summed E-state index contributed by atoms with van der Waals surface area (Å²) in [7, 11) is 0. The predicted molar refractivity (Wildman–Crippen MR) is 86.1 cm³/mol. The fourth-order valence-electron chi connectivity index (χ4n) is 2.83. The quantitative estimate of drug-likeness (QED) is 0.917. The molecule has 0 aliphatic carbocycles. The second kappa shape index (κ2) is 6.77. The molecule has 0 atom stereocenters. The fraction of sp³-hybridized carbons (Fsp3) is 0.389. The van der Waals surface area contributed by atoms with Gasteiger partial charge in [0, 0.05) is 12.2 Å². The van der Waals surface area contributed by atoms with Crippen molar-refractivity contribution in [1.29, 1.82) is 0 Å². The molecule has 4 heteroatoms. The van der Waals surface area contributed by atoms with Crippen molar-refractivity contribution in [2.24, 2.45) is 0 Å². The van der Waals surface area contributed by atoms with Gasteiger partial charge < -0.3 is 10.0 Å². The van der Waals surface area contributed by atoms with Gasteiger partial charge in [-0.25, -0.2) is 4.39 Å². The molecule has 0 aromatic heterocycles. The maximum Gasteiger partial charge on any atom is 0.323 e. The van der Waals surface area contributed by atoms with Crippen molar-refractivity contribution in [3.05, 3.63) is 52.5 Å². The summed E-state index contributed by atoms with van der Waals surface area (Å²) in [4.78, 5) is 12.9. The van der Waals surface area contributed by atoms with E-state index in [4.69, 9.17) is 5.11 Å². The van der Waals surface area contributed by atoms with Crippen molar-refractivity contribution >= 4 is 11.5 Å². The first kappa shape index (κ1) is 16.3. The molecular weight excluding hydrogens is 281 g/mol. The minimum absolute atomic E-state index is 0.0161. The van der Waals surface area contributed by atoms with Crippen LogP contribution in [0.3, 0.4) is 0 Å². The van der Waals surface area contributed by atoms with Crippen LogP contribution in [-0.2, 0) is 4.79 Å². The lowest BCUT2D eigenvalue weighted by molar-refractivity contribution is -0.137. The number of hydrogen-bond acceptors (Lipinski definition) is 2. The smallest absolute Gasteiger partial charge is 0.323 e. The van der Waals surface area contributed by atoms with E-state index in [2.05, 4.69) is 6.08 Å². The van der Waals surface area contributed by atoms with Gasteiger partial charge in [-0.15, -0.1) is 0 Å². The molecule has 0 saturated heterocycles. The molecule has 0 fully saturated rings. The van der Waals surface area contributed by atoms with Crippen molar-refractivity contribution in [3.8, 4) is 0 Å². The summed E-state index contributed by atoms with van der Waals surface area (Å²) in [6.45, 7) is 6.26. The predicted octanol–water partition coefficient (Wildman–Crippen LogP) is 3.91. The first-order valence-electron chi connectivity index (χ1n) is 7.57. The first-order chi connectivity index (χ1) is 10.4. The maximum atomic E-state index is 13.8. The zero-order chi connectivity index (χ0) is 16.3. The van der Waals surface area contributed by atoms with Gasteiger partial charge in [0.15, 0.2) is 0 Å². The van der Waals surface area contributed by atoms with Crippen molar-refractivity contribution < 1.29 is 14.3 Å². The number of aryl methyl sites for hydroxylation is 2. The number of nitrogens with zero attached hydrogens (tertiary/aromatic N) is 1. The van der Waals surface area contributed by atoms with Gasteiger partial charge in [0.1, 0.15) is 12.4 Å². The van der Waals surface area contributed by atoms with Gasteiger partial charge in [0.25, 0.3) is 0 Å². The van der Waals surface area contributed by atoms with Gasteiger partial charge in [-0.05, 0) is 67.2 Å². The van der Waals surface area contributed by atoms with Crippen molar-refractivity contribution in [2.45, 2.75) is 33.6 Å². The highest BCUT2D eigenvalue weighted by atomic mass is 19.1. The second-order valence-electron chi connectivity index (χ2n) is 5.68. The molecule has 118 valence electrons. The first-order valence-corrected chi connectivity index (χ1v) is 7.57. The van der Waals surface area contributed by atoms with E-state index < -0.39 is 5.97 Å². The van der Waals surface area contributed by atoms with Crippen LogP contribution in [0.25, 0.3) is 5.57 Å². The topological polar surface area (TPSA) is 40.5 Å². The molecule has 0 amide bonds. The Morgan fingerprint density at radius 2 is 1.95 bits per heavy atom. The molecule has 3 nitrogen and oxygen atoms in total. The lowest BCUT2D eigenvalue weighted by atomic mass is 9.98. The summed E-state index contributed by atoms with van der Waals surface area (Å²) in [5, 5.41) is 9.03. The number of aliphatic carboxylic acids is 1. The highest BCUT2D eigenvalue weighted by molar-refractivity contribution is 5.76. The molecule has 0 saturated carbocycles. The number of benzene rings is 1. The Morgan fingerprint density at radius 1 is 1.32 bits per heavy atom. The number of rotatable bonds is 4. The van der Waals surface area contributed by atoms with E-state index in [1.54, 1.807) is 13.8 Å². The molecule has 2 rings (SSSR count). The normalized spacial score (nSPS) is 15.2. The molecule has 1 N–H and O–H groups in total. The average Bonchev–Trinajstić information content (AvgIpc) is 2.66. The van der Waals surface area contributed by atoms with Crippen LogP contribution in [0.2, 0.25) is 0 Å². The highest BCUT2D eigenvalue weighted by Gasteiger charge is 2.16. The fourth-order valence-corrected chi connectivity index (χ4v) is 2.83. The van der Waals surface area contributed by atoms with Crippen LogP contribution >= 0.6 is 0 Å². The highest BCUT2D eigenvalue weighted by Crippen LogP contribution is 2.27. The lowest BCUT2D eigenvalue weighted by Crippen LogP contribution is -2.29. The molecule has 0 bridgehead atoms. The molecule has 1 heterocycles. The van der Waals surface area contributed by atoms with Crippen LogP contribution in [-0.4, -0.2) is 29.1 Å². The van der Waals surface area contributed by atoms with E-state index in [1.165, 1.54) is 0 Å². The van der Waals surface area contributed by atoms with Crippen LogP contribution in [0.15, 0.2) is 30.0 Å². The third-order valence-electron chi connectivity index (χ3n) is 3.95. The molecule has 1 aliphatic rings. The van der Waals surface area contributed by atoms with Crippen molar-refractivity contribution in [1.82, 2.24) is 4.90 Å². The standard InChI is InChI=1S/C18H22FNO2/c1-4-16-10-14(6-5-7-20(16)11-17(21)22)15-8-12(2)18(19)13(3)9-15/h6,8-10H,4-5,7,11H2,1-3H3,(H,21,22). The van der Waals surface area contributed by atoms with Gasteiger partial charge in [0.2, 0.25) is 0 Å². The van der Waals surface area contributed by atoms with E-state index >= 15 is 0 Å². The summed E-state index contributed by atoms with van der Waals surface area (Å²) >= 11 is 0. The molecule has 22 heavy (non-hydrogen) atoms. The molecule has 1 aliphatic heterocycles. The van der Waals surface area contributed by atoms with E-state index in [9.17, 15) is 9.18 Å². The maximum absolute atomic E-state index is 13.8. The Kier molecular flexibility index (Phi) is 5.01. The molecular formula is C18H22FNO2. The number of carboxylic acids is 1. The number of carbonyl (C=O) groups is 1. The van der Waals surface area contributed by atoms with Crippen LogP contribution in [0, 0.1) is 19.7 Å².